The monoisotopic (exact) mass is 299 g/mol. The lowest BCUT2D eigenvalue weighted by atomic mass is 10.1. The minimum absolute atomic E-state index is 0.146. The third kappa shape index (κ3) is 5.78. The highest BCUT2D eigenvalue weighted by atomic mass is 19.1. The van der Waals surface area contributed by atoms with E-state index in [4.69, 9.17) is 9.84 Å². The Hall–Kier alpha value is -2.15. The molecule has 0 saturated carbocycles. The van der Waals surface area contributed by atoms with Crippen LogP contribution in [-0.2, 0) is 9.53 Å². The Morgan fingerprint density at radius 1 is 1.38 bits per heavy atom. The van der Waals surface area contributed by atoms with Crippen molar-refractivity contribution < 1.29 is 28.9 Å². The van der Waals surface area contributed by atoms with Crippen LogP contribution in [0.15, 0.2) is 18.2 Å². The Labute approximate surface area is 121 Å². The number of ether oxygens (including phenoxy) is 1. The van der Waals surface area contributed by atoms with Gasteiger partial charge in [0.25, 0.3) is 0 Å². The molecule has 6 nitrogen and oxygen atoms in total. The number of carbonyl (C=O) groups is 2. The number of rotatable bonds is 4. The van der Waals surface area contributed by atoms with E-state index >= 15 is 0 Å². The summed E-state index contributed by atoms with van der Waals surface area (Å²) in [5, 5.41) is 20.5. The van der Waals surface area contributed by atoms with E-state index in [-0.39, 0.29) is 11.3 Å². The van der Waals surface area contributed by atoms with Crippen molar-refractivity contribution in [2.24, 2.45) is 0 Å². The minimum atomic E-state index is -1.45. The van der Waals surface area contributed by atoms with Crippen molar-refractivity contribution in [3.05, 3.63) is 29.6 Å². The predicted molar refractivity (Wildman–Crippen MR) is 73.5 cm³/mol. The first-order chi connectivity index (χ1) is 9.58. The van der Waals surface area contributed by atoms with Crippen molar-refractivity contribution in [2.75, 3.05) is 5.32 Å². The third-order valence-electron chi connectivity index (χ3n) is 2.37. The second-order valence-electron chi connectivity index (χ2n) is 5.48. The number of anilines is 1. The van der Waals surface area contributed by atoms with Crippen LogP contribution in [0, 0.1) is 5.82 Å². The number of nitrogens with one attached hydrogen (secondary N) is 1. The maximum absolute atomic E-state index is 13.8. The highest BCUT2D eigenvalue weighted by Gasteiger charge is 2.19. The number of carboxylic acid groups (broad SMARTS) is 1. The molecule has 116 valence electrons. The molecule has 0 aromatic heterocycles. The molecule has 0 bridgehead atoms. The van der Waals surface area contributed by atoms with Crippen LogP contribution in [0.3, 0.4) is 0 Å². The summed E-state index contributed by atoms with van der Waals surface area (Å²) in [6.07, 6.45) is -2.78. The zero-order valence-electron chi connectivity index (χ0n) is 12.0. The smallest absolute Gasteiger partial charge is 0.412 e. The molecule has 3 N–H and O–H groups in total. The average Bonchev–Trinajstić information content (AvgIpc) is 2.24. The summed E-state index contributed by atoms with van der Waals surface area (Å²) in [7, 11) is 0. The molecular weight excluding hydrogens is 281 g/mol. The van der Waals surface area contributed by atoms with E-state index in [2.05, 4.69) is 5.32 Å². The van der Waals surface area contributed by atoms with Gasteiger partial charge in [-0.1, -0.05) is 6.07 Å². The first-order valence-electron chi connectivity index (χ1n) is 6.28. The second-order valence-corrected chi connectivity index (χ2v) is 5.48. The topological polar surface area (TPSA) is 95.9 Å². The lowest BCUT2D eigenvalue weighted by molar-refractivity contribution is -0.139. The van der Waals surface area contributed by atoms with Crippen LogP contribution in [0.5, 0.6) is 0 Å². The number of hydrogen-bond acceptors (Lipinski definition) is 4. The maximum Gasteiger partial charge on any atom is 0.412 e. The molecule has 1 aromatic rings. The predicted octanol–water partition coefficient (Wildman–Crippen LogP) is 2.68. The fourth-order valence-electron chi connectivity index (χ4n) is 1.57. The van der Waals surface area contributed by atoms with Crippen molar-refractivity contribution in [1.82, 2.24) is 0 Å². The Balaban J connectivity index is 2.78. The van der Waals surface area contributed by atoms with Gasteiger partial charge in [0.2, 0.25) is 0 Å². The van der Waals surface area contributed by atoms with Gasteiger partial charge < -0.3 is 14.9 Å². The number of halogens is 1. The summed E-state index contributed by atoms with van der Waals surface area (Å²) in [5.41, 5.74) is -0.680. The molecule has 1 amide bonds. The number of hydrogen-bond donors (Lipinski definition) is 3. The van der Waals surface area contributed by atoms with Gasteiger partial charge >= 0.3 is 12.1 Å². The number of aliphatic hydroxyl groups excluding tert-OH is 1. The van der Waals surface area contributed by atoms with Gasteiger partial charge in [0, 0.05) is 11.3 Å². The normalized spacial score (nSPS) is 12.6. The summed E-state index contributed by atoms with van der Waals surface area (Å²) in [5.74, 6) is -2.05. The molecule has 7 heteroatoms. The highest BCUT2D eigenvalue weighted by Crippen LogP contribution is 2.23. The lowest BCUT2D eigenvalue weighted by Crippen LogP contribution is -2.27. The molecule has 1 aromatic carbocycles. The summed E-state index contributed by atoms with van der Waals surface area (Å²) in [4.78, 5) is 22.0. The molecule has 0 unspecified atom stereocenters. The number of carboxylic acids is 1. The summed E-state index contributed by atoms with van der Waals surface area (Å²) < 4.78 is 18.8. The molecule has 0 spiro atoms. The van der Waals surface area contributed by atoms with Crippen molar-refractivity contribution >= 4 is 17.7 Å². The molecule has 0 aliphatic rings. The largest absolute Gasteiger partial charge is 0.481 e. The first-order valence-corrected chi connectivity index (χ1v) is 6.28. The Morgan fingerprint density at radius 3 is 2.48 bits per heavy atom. The molecule has 0 radical (unpaired) electrons. The van der Waals surface area contributed by atoms with Gasteiger partial charge in [0.1, 0.15) is 11.4 Å². The zero-order chi connectivity index (χ0) is 16.2. The number of aliphatic hydroxyl groups is 1. The molecule has 0 aliphatic carbocycles. The lowest BCUT2D eigenvalue weighted by Gasteiger charge is -2.20. The van der Waals surface area contributed by atoms with Crippen LogP contribution in [0.25, 0.3) is 0 Å². The van der Waals surface area contributed by atoms with Gasteiger partial charge in [0.15, 0.2) is 0 Å². The van der Waals surface area contributed by atoms with Gasteiger partial charge in [-0.25, -0.2) is 9.18 Å². The van der Waals surface area contributed by atoms with Gasteiger partial charge in [-0.2, -0.15) is 0 Å². The Morgan fingerprint density at radius 2 is 2.00 bits per heavy atom. The molecule has 0 saturated heterocycles. The molecule has 0 aliphatic heterocycles. The number of aliphatic carboxylic acids is 1. The highest BCUT2D eigenvalue weighted by molar-refractivity contribution is 5.84. The first kappa shape index (κ1) is 16.9. The van der Waals surface area contributed by atoms with Crippen molar-refractivity contribution in [3.63, 3.8) is 0 Å². The van der Waals surface area contributed by atoms with Crippen LogP contribution >= 0.6 is 0 Å². The van der Waals surface area contributed by atoms with Crippen LogP contribution in [0.4, 0.5) is 14.9 Å². The second kappa shape index (κ2) is 6.53. The molecule has 0 fully saturated rings. The minimum Gasteiger partial charge on any atom is -0.481 e. The SMILES string of the molecule is CC(C)(C)OC(=O)Nc1ccc([C@@H](O)CC(=O)O)c(F)c1. The van der Waals surface area contributed by atoms with E-state index in [0.29, 0.717) is 0 Å². The molecule has 21 heavy (non-hydrogen) atoms. The van der Waals surface area contributed by atoms with Gasteiger partial charge in [0.05, 0.1) is 12.5 Å². The molecule has 0 heterocycles. The summed E-state index contributed by atoms with van der Waals surface area (Å²) in [6.45, 7) is 5.08. The van der Waals surface area contributed by atoms with E-state index in [1.165, 1.54) is 12.1 Å². The van der Waals surface area contributed by atoms with Gasteiger partial charge in [-0.05, 0) is 32.9 Å². The van der Waals surface area contributed by atoms with E-state index in [0.717, 1.165) is 6.07 Å². The number of carbonyl (C=O) groups excluding carboxylic acids is 1. The summed E-state index contributed by atoms with van der Waals surface area (Å²) >= 11 is 0. The van der Waals surface area contributed by atoms with Crippen molar-refractivity contribution in [3.8, 4) is 0 Å². The van der Waals surface area contributed by atoms with Crippen LogP contribution in [0.2, 0.25) is 0 Å². The molecule has 1 rings (SSSR count). The fraction of sp³-hybridized carbons (Fsp3) is 0.429. The Kier molecular flexibility index (Phi) is 5.26. The Bertz CT molecular complexity index is 539. The van der Waals surface area contributed by atoms with Crippen LogP contribution in [-0.4, -0.2) is 27.9 Å². The number of amides is 1. The van der Waals surface area contributed by atoms with Gasteiger partial charge in [-0.3, -0.25) is 10.1 Å². The van der Waals surface area contributed by atoms with Gasteiger partial charge in [-0.15, -0.1) is 0 Å². The fourth-order valence-corrected chi connectivity index (χ4v) is 1.57. The van der Waals surface area contributed by atoms with E-state index < -0.39 is 36.0 Å². The van der Waals surface area contributed by atoms with E-state index in [1.807, 2.05) is 0 Å². The van der Waals surface area contributed by atoms with E-state index in [1.54, 1.807) is 20.8 Å². The van der Waals surface area contributed by atoms with Crippen molar-refractivity contribution in [2.45, 2.75) is 38.9 Å². The van der Waals surface area contributed by atoms with Crippen molar-refractivity contribution in [1.29, 1.82) is 0 Å². The summed E-state index contributed by atoms with van der Waals surface area (Å²) in [6, 6.07) is 3.56. The van der Waals surface area contributed by atoms with Crippen LogP contribution in [0.1, 0.15) is 38.9 Å². The quantitative estimate of drug-likeness (QED) is 0.794. The maximum atomic E-state index is 13.8. The molecular formula is C14H18FNO5. The molecule has 1 atom stereocenters. The zero-order valence-corrected chi connectivity index (χ0v) is 12.0. The standard InChI is InChI=1S/C14H18FNO5/c1-14(2,3)21-13(20)16-8-4-5-9(10(15)6-8)11(17)7-12(18)19/h4-6,11,17H,7H2,1-3H3,(H,16,20)(H,18,19)/t11-/m0/s1. The third-order valence-corrected chi connectivity index (χ3v) is 2.37. The number of benzene rings is 1. The average molecular weight is 299 g/mol. The van der Waals surface area contributed by atoms with Crippen LogP contribution < -0.4 is 5.32 Å². The van der Waals surface area contributed by atoms with E-state index in [9.17, 15) is 19.1 Å².